The molecular weight excluding hydrogens is 188 g/mol. The maximum absolute atomic E-state index is 5.93. The van der Waals surface area contributed by atoms with Gasteiger partial charge in [0.2, 0.25) is 0 Å². The number of hydrogen-bond donors (Lipinski definition) is 1. The van der Waals surface area contributed by atoms with Gasteiger partial charge in [0.05, 0.1) is 6.26 Å². The van der Waals surface area contributed by atoms with Crippen LogP contribution in [0.3, 0.4) is 0 Å². The fourth-order valence-electron chi connectivity index (χ4n) is 2.56. The van der Waals surface area contributed by atoms with Crippen LogP contribution in [0.1, 0.15) is 25.0 Å². The largest absolute Gasteiger partial charge is 0.469 e. The van der Waals surface area contributed by atoms with Crippen molar-refractivity contribution >= 4 is 0 Å². The van der Waals surface area contributed by atoms with Crippen molar-refractivity contribution in [2.75, 3.05) is 20.1 Å². The van der Waals surface area contributed by atoms with E-state index in [9.17, 15) is 0 Å². The second-order valence-electron chi connectivity index (χ2n) is 4.53. The molecule has 3 nitrogen and oxygen atoms in total. The Morgan fingerprint density at radius 1 is 1.60 bits per heavy atom. The molecule has 2 heterocycles. The predicted molar refractivity (Wildman–Crippen MR) is 60.7 cm³/mol. The quantitative estimate of drug-likeness (QED) is 0.818. The van der Waals surface area contributed by atoms with Gasteiger partial charge in [0.25, 0.3) is 0 Å². The Kier molecular flexibility index (Phi) is 3.12. The van der Waals surface area contributed by atoms with Crippen LogP contribution in [0.4, 0.5) is 0 Å². The number of hydrogen-bond acceptors (Lipinski definition) is 3. The average molecular weight is 208 g/mol. The minimum absolute atomic E-state index is 0.215. The molecule has 2 rings (SSSR count). The third-order valence-electron chi connectivity index (χ3n) is 3.74. The summed E-state index contributed by atoms with van der Waals surface area (Å²) in [7, 11) is 2.18. The molecule has 2 N–H and O–H groups in total. The van der Waals surface area contributed by atoms with Crippen LogP contribution in [0.2, 0.25) is 0 Å². The fourth-order valence-corrected chi connectivity index (χ4v) is 2.56. The Hall–Kier alpha value is -0.800. The Bertz CT molecular complexity index is 297. The molecule has 84 valence electrons. The number of furan rings is 1. The van der Waals surface area contributed by atoms with Crippen molar-refractivity contribution in [1.82, 2.24) is 4.90 Å². The highest BCUT2D eigenvalue weighted by Crippen LogP contribution is 2.31. The normalized spacial score (nSPS) is 27.3. The van der Waals surface area contributed by atoms with Gasteiger partial charge >= 0.3 is 0 Å². The molecule has 0 aromatic carbocycles. The van der Waals surface area contributed by atoms with Crippen molar-refractivity contribution < 1.29 is 4.42 Å². The molecule has 3 heteroatoms. The summed E-state index contributed by atoms with van der Waals surface area (Å²) in [6.45, 7) is 1.93. The number of nitrogens with two attached hydrogens (primary N) is 1. The van der Waals surface area contributed by atoms with Crippen molar-refractivity contribution in [2.45, 2.75) is 31.2 Å². The van der Waals surface area contributed by atoms with E-state index in [2.05, 4.69) is 11.9 Å². The molecule has 1 saturated heterocycles. The van der Waals surface area contributed by atoms with Crippen LogP contribution >= 0.6 is 0 Å². The first-order valence-corrected chi connectivity index (χ1v) is 5.70. The number of aryl methyl sites for hydroxylation is 1. The van der Waals surface area contributed by atoms with Crippen LogP contribution in [0.5, 0.6) is 0 Å². The molecule has 0 radical (unpaired) electrons. The van der Waals surface area contributed by atoms with E-state index in [1.165, 1.54) is 19.4 Å². The van der Waals surface area contributed by atoms with Crippen molar-refractivity contribution in [3.63, 3.8) is 0 Å². The van der Waals surface area contributed by atoms with Gasteiger partial charge in [0.15, 0.2) is 0 Å². The van der Waals surface area contributed by atoms with Crippen LogP contribution in [0.15, 0.2) is 22.8 Å². The standard InChI is InChI=1S/C12H20N2O/c1-14-8-3-6-12(14,10-13)7-5-11-4-2-9-15-11/h2,4,9H,3,5-8,10,13H2,1H3. The molecule has 0 aliphatic carbocycles. The molecule has 1 aromatic rings. The number of nitrogens with zero attached hydrogens (tertiary/aromatic N) is 1. The molecule has 1 fully saturated rings. The van der Waals surface area contributed by atoms with Gasteiger partial charge in [0, 0.05) is 18.5 Å². The van der Waals surface area contributed by atoms with Gasteiger partial charge in [-0.3, -0.25) is 4.90 Å². The van der Waals surface area contributed by atoms with E-state index in [4.69, 9.17) is 10.2 Å². The van der Waals surface area contributed by atoms with Gasteiger partial charge in [0.1, 0.15) is 5.76 Å². The molecule has 0 saturated carbocycles. The van der Waals surface area contributed by atoms with Crippen molar-refractivity contribution in [2.24, 2.45) is 5.73 Å². The van der Waals surface area contributed by atoms with Gasteiger partial charge in [-0.05, 0) is 45.0 Å². The minimum Gasteiger partial charge on any atom is -0.469 e. The Morgan fingerprint density at radius 2 is 2.47 bits per heavy atom. The van der Waals surface area contributed by atoms with Crippen LogP contribution in [0, 0.1) is 0 Å². The van der Waals surface area contributed by atoms with Crippen molar-refractivity contribution in [3.05, 3.63) is 24.2 Å². The van der Waals surface area contributed by atoms with E-state index in [1.807, 2.05) is 12.1 Å². The minimum atomic E-state index is 0.215. The Balaban J connectivity index is 1.96. The van der Waals surface area contributed by atoms with Crippen molar-refractivity contribution in [1.29, 1.82) is 0 Å². The second-order valence-corrected chi connectivity index (χ2v) is 4.53. The lowest BCUT2D eigenvalue weighted by atomic mass is 9.90. The third kappa shape index (κ3) is 2.08. The van der Waals surface area contributed by atoms with Crippen LogP contribution in [0.25, 0.3) is 0 Å². The smallest absolute Gasteiger partial charge is 0.103 e. The lowest BCUT2D eigenvalue weighted by Gasteiger charge is -2.35. The number of likely N-dealkylation sites (N-methyl/N-ethyl adjacent to an activating group) is 1. The highest BCUT2D eigenvalue weighted by atomic mass is 16.3. The first-order chi connectivity index (χ1) is 7.27. The molecule has 0 spiro atoms. The summed E-state index contributed by atoms with van der Waals surface area (Å²) in [6.07, 6.45) is 6.33. The SMILES string of the molecule is CN1CCCC1(CN)CCc1ccco1. The zero-order chi connectivity index (χ0) is 10.7. The zero-order valence-corrected chi connectivity index (χ0v) is 9.41. The van der Waals surface area contributed by atoms with Gasteiger partial charge in [-0.15, -0.1) is 0 Å². The Labute approximate surface area is 91.2 Å². The first-order valence-electron chi connectivity index (χ1n) is 5.70. The maximum Gasteiger partial charge on any atom is 0.103 e. The maximum atomic E-state index is 5.93. The summed E-state index contributed by atoms with van der Waals surface area (Å²) in [5, 5.41) is 0. The van der Waals surface area contributed by atoms with E-state index in [0.29, 0.717) is 0 Å². The topological polar surface area (TPSA) is 42.4 Å². The van der Waals surface area contributed by atoms with Crippen molar-refractivity contribution in [3.8, 4) is 0 Å². The molecule has 1 aromatic heterocycles. The van der Waals surface area contributed by atoms with Crippen LogP contribution in [-0.2, 0) is 6.42 Å². The van der Waals surface area contributed by atoms with Crippen LogP contribution < -0.4 is 5.73 Å². The van der Waals surface area contributed by atoms with Gasteiger partial charge in [-0.25, -0.2) is 0 Å². The zero-order valence-electron chi connectivity index (χ0n) is 9.41. The molecule has 1 unspecified atom stereocenters. The fraction of sp³-hybridized carbons (Fsp3) is 0.667. The molecule has 1 aliphatic heterocycles. The summed E-state index contributed by atoms with van der Waals surface area (Å²) in [5.41, 5.74) is 6.14. The number of likely N-dealkylation sites (tertiary alicyclic amines) is 1. The van der Waals surface area contributed by atoms with Gasteiger partial charge in [-0.2, -0.15) is 0 Å². The summed E-state index contributed by atoms with van der Waals surface area (Å²) >= 11 is 0. The molecule has 1 aliphatic rings. The molecule has 0 bridgehead atoms. The highest BCUT2D eigenvalue weighted by Gasteiger charge is 2.36. The predicted octanol–water partition coefficient (Wildman–Crippen LogP) is 1.64. The lowest BCUT2D eigenvalue weighted by Crippen LogP contribution is -2.47. The summed E-state index contributed by atoms with van der Waals surface area (Å²) < 4.78 is 5.36. The number of rotatable bonds is 4. The summed E-state index contributed by atoms with van der Waals surface area (Å²) in [5.74, 6) is 1.07. The third-order valence-corrected chi connectivity index (χ3v) is 3.74. The van der Waals surface area contributed by atoms with Gasteiger partial charge in [-0.1, -0.05) is 0 Å². The molecular formula is C12H20N2O. The van der Waals surface area contributed by atoms with Crippen LogP contribution in [-0.4, -0.2) is 30.6 Å². The lowest BCUT2D eigenvalue weighted by molar-refractivity contribution is 0.166. The second kappa shape index (κ2) is 4.37. The van der Waals surface area contributed by atoms with E-state index < -0.39 is 0 Å². The monoisotopic (exact) mass is 208 g/mol. The van der Waals surface area contributed by atoms with E-state index in [-0.39, 0.29) is 5.54 Å². The summed E-state index contributed by atoms with van der Waals surface area (Å²) in [6, 6.07) is 3.99. The van der Waals surface area contributed by atoms with Gasteiger partial charge < -0.3 is 10.2 Å². The molecule has 1 atom stereocenters. The highest BCUT2D eigenvalue weighted by molar-refractivity contribution is 5.02. The Morgan fingerprint density at radius 3 is 3.00 bits per heavy atom. The summed E-state index contributed by atoms with van der Waals surface area (Å²) in [4.78, 5) is 2.41. The van der Waals surface area contributed by atoms with E-state index in [0.717, 1.165) is 25.1 Å². The molecule has 15 heavy (non-hydrogen) atoms. The molecule has 0 amide bonds. The average Bonchev–Trinajstić information content (AvgIpc) is 2.85. The van der Waals surface area contributed by atoms with E-state index in [1.54, 1.807) is 6.26 Å². The van der Waals surface area contributed by atoms with E-state index >= 15 is 0 Å². The first kappa shape index (κ1) is 10.7.